The Morgan fingerprint density at radius 2 is 2.15 bits per heavy atom. The highest BCUT2D eigenvalue weighted by Gasteiger charge is 2.25. The summed E-state index contributed by atoms with van der Waals surface area (Å²) in [5, 5.41) is 0. The molecule has 1 aromatic rings. The molecule has 0 aliphatic carbocycles. The van der Waals surface area contributed by atoms with Crippen molar-refractivity contribution in [3.8, 4) is 0 Å². The van der Waals surface area contributed by atoms with E-state index in [4.69, 9.17) is 21.3 Å². The topological polar surface area (TPSA) is 25.4 Å². The van der Waals surface area contributed by atoms with E-state index in [-0.39, 0.29) is 5.41 Å². The number of methoxy groups -OCH3 is 1. The molecule has 20 heavy (non-hydrogen) atoms. The van der Waals surface area contributed by atoms with E-state index >= 15 is 0 Å². The molecular weight excluding hydrogens is 272 g/mol. The maximum Gasteiger partial charge on any atom is 0.129 e. The second-order valence-corrected chi connectivity index (χ2v) is 6.93. The summed E-state index contributed by atoms with van der Waals surface area (Å²) in [4.78, 5) is 7.21. The van der Waals surface area contributed by atoms with Crippen LogP contribution in [0, 0.1) is 5.92 Å². The molecule has 0 bridgehead atoms. The number of pyridine rings is 1. The minimum atomic E-state index is 0.0441. The first kappa shape index (κ1) is 15.6. The van der Waals surface area contributed by atoms with E-state index < -0.39 is 0 Å². The third-order valence-corrected chi connectivity index (χ3v) is 4.12. The minimum Gasteiger partial charge on any atom is -0.384 e. The molecular formula is C16H25ClN2O. The van der Waals surface area contributed by atoms with Gasteiger partial charge in [-0.25, -0.2) is 4.98 Å². The number of aromatic nitrogens is 1. The summed E-state index contributed by atoms with van der Waals surface area (Å²) < 4.78 is 5.26. The van der Waals surface area contributed by atoms with E-state index in [1.807, 2.05) is 0 Å². The van der Waals surface area contributed by atoms with Crippen LogP contribution in [0.25, 0.3) is 0 Å². The number of nitrogens with zero attached hydrogens (tertiary/aromatic N) is 2. The van der Waals surface area contributed by atoms with Gasteiger partial charge in [-0.05, 0) is 24.1 Å². The molecule has 1 aliphatic heterocycles. The average Bonchev–Trinajstić information content (AvgIpc) is 2.86. The molecule has 1 atom stereocenters. The molecule has 0 spiro atoms. The predicted octanol–water partition coefficient (Wildman–Crippen LogP) is 3.59. The smallest absolute Gasteiger partial charge is 0.129 e. The lowest BCUT2D eigenvalue weighted by molar-refractivity contribution is 0.161. The third kappa shape index (κ3) is 3.64. The Morgan fingerprint density at radius 3 is 2.75 bits per heavy atom. The normalized spacial score (nSPS) is 19.6. The molecule has 0 saturated carbocycles. The molecule has 1 fully saturated rings. The molecule has 0 amide bonds. The van der Waals surface area contributed by atoms with Crippen molar-refractivity contribution < 1.29 is 4.74 Å². The zero-order valence-corrected chi connectivity index (χ0v) is 13.7. The van der Waals surface area contributed by atoms with E-state index in [0.717, 1.165) is 36.8 Å². The van der Waals surface area contributed by atoms with Gasteiger partial charge < -0.3 is 9.64 Å². The Morgan fingerprint density at radius 1 is 1.40 bits per heavy atom. The molecule has 3 nitrogen and oxygen atoms in total. The van der Waals surface area contributed by atoms with Crippen LogP contribution in [0.15, 0.2) is 12.1 Å². The Bertz CT molecular complexity index is 456. The van der Waals surface area contributed by atoms with Crippen molar-refractivity contribution in [1.82, 2.24) is 4.98 Å². The quantitative estimate of drug-likeness (QED) is 0.794. The van der Waals surface area contributed by atoms with E-state index in [0.29, 0.717) is 11.8 Å². The maximum atomic E-state index is 6.04. The lowest BCUT2D eigenvalue weighted by atomic mass is 9.91. The minimum absolute atomic E-state index is 0.0441. The largest absolute Gasteiger partial charge is 0.384 e. The fourth-order valence-electron chi connectivity index (χ4n) is 2.61. The van der Waals surface area contributed by atoms with Gasteiger partial charge >= 0.3 is 0 Å². The van der Waals surface area contributed by atoms with Crippen LogP contribution in [0.3, 0.4) is 0 Å². The number of hydrogen-bond acceptors (Lipinski definition) is 3. The summed E-state index contributed by atoms with van der Waals surface area (Å²) in [6, 6.07) is 4.25. The van der Waals surface area contributed by atoms with Crippen LogP contribution >= 0.6 is 11.6 Å². The van der Waals surface area contributed by atoms with Gasteiger partial charge in [0.05, 0.1) is 6.61 Å². The summed E-state index contributed by atoms with van der Waals surface area (Å²) in [6.07, 6.45) is 1.17. The van der Waals surface area contributed by atoms with Crippen molar-refractivity contribution in [1.29, 1.82) is 0 Å². The standard InChI is InChI=1S/C16H25ClN2O/c1-16(2,3)14-7-13(9-17)8-15(18-14)19-6-5-12(10-19)11-20-4/h7-8,12H,5-6,9-11H2,1-4H3. The lowest BCUT2D eigenvalue weighted by Gasteiger charge is -2.24. The van der Waals surface area contributed by atoms with E-state index in [2.05, 4.69) is 37.8 Å². The Kier molecular flexibility index (Phi) is 4.92. The van der Waals surface area contributed by atoms with Crippen LogP contribution in [-0.2, 0) is 16.0 Å². The van der Waals surface area contributed by atoms with Crippen LogP contribution in [0.2, 0.25) is 0 Å². The van der Waals surface area contributed by atoms with Gasteiger partial charge in [-0.3, -0.25) is 0 Å². The molecule has 1 aliphatic rings. The van der Waals surface area contributed by atoms with Gasteiger partial charge in [0.1, 0.15) is 5.82 Å². The van der Waals surface area contributed by atoms with Crippen LogP contribution in [0.1, 0.15) is 38.4 Å². The highest BCUT2D eigenvalue weighted by molar-refractivity contribution is 6.17. The molecule has 2 heterocycles. The van der Waals surface area contributed by atoms with Crippen molar-refractivity contribution >= 4 is 17.4 Å². The lowest BCUT2D eigenvalue weighted by Crippen LogP contribution is -2.24. The first-order valence-corrected chi connectivity index (χ1v) is 7.78. The van der Waals surface area contributed by atoms with Crippen molar-refractivity contribution in [3.05, 3.63) is 23.4 Å². The van der Waals surface area contributed by atoms with Gasteiger partial charge in [0, 0.05) is 43.1 Å². The molecule has 0 N–H and O–H groups in total. The van der Waals surface area contributed by atoms with Gasteiger partial charge in [0.15, 0.2) is 0 Å². The average molecular weight is 297 g/mol. The Hall–Kier alpha value is -0.800. The molecule has 4 heteroatoms. The molecule has 1 aromatic heterocycles. The number of halogens is 1. The summed E-state index contributed by atoms with van der Waals surface area (Å²) in [7, 11) is 1.77. The third-order valence-electron chi connectivity index (χ3n) is 3.81. The SMILES string of the molecule is COCC1CCN(c2cc(CCl)cc(C(C)(C)C)n2)C1. The highest BCUT2D eigenvalue weighted by Crippen LogP contribution is 2.28. The number of anilines is 1. The summed E-state index contributed by atoms with van der Waals surface area (Å²) >= 11 is 6.04. The highest BCUT2D eigenvalue weighted by atomic mass is 35.5. The number of rotatable bonds is 4. The van der Waals surface area contributed by atoms with E-state index in [1.54, 1.807) is 7.11 Å². The van der Waals surface area contributed by atoms with E-state index in [1.165, 1.54) is 6.42 Å². The molecule has 2 rings (SSSR count). The maximum absolute atomic E-state index is 6.04. The molecule has 1 unspecified atom stereocenters. The van der Waals surface area contributed by atoms with Crippen molar-refractivity contribution in [2.45, 2.75) is 38.5 Å². The first-order valence-electron chi connectivity index (χ1n) is 7.25. The number of alkyl halides is 1. The first-order chi connectivity index (χ1) is 9.44. The number of hydrogen-bond donors (Lipinski definition) is 0. The van der Waals surface area contributed by atoms with Crippen molar-refractivity contribution in [2.24, 2.45) is 5.92 Å². The second-order valence-electron chi connectivity index (χ2n) is 6.66. The molecule has 112 valence electrons. The molecule has 0 aromatic carbocycles. The van der Waals surface area contributed by atoms with E-state index in [9.17, 15) is 0 Å². The van der Waals surface area contributed by atoms with Crippen LogP contribution in [0.4, 0.5) is 5.82 Å². The summed E-state index contributed by atoms with van der Waals surface area (Å²) in [5.74, 6) is 2.21. The zero-order valence-electron chi connectivity index (χ0n) is 12.9. The Balaban J connectivity index is 2.23. The summed E-state index contributed by atoms with van der Waals surface area (Å²) in [6.45, 7) is 9.48. The Labute approximate surface area is 127 Å². The molecule has 0 radical (unpaired) electrons. The zero-order chi connectivity index (χ0) is 14.8. The molecule has 1 saturated heterocycles. The van der Waals surface area contributed by atoms with Gasteiger partial charge in [-0.1, -0.05) is 20.8 Å². The predicted molar refractivity (Wildman–Crippen MR) is 84.7 cm³/mol. The van der Waals surface area contributed by atoms with Crippen molar-refractivity contribution in [3.63, 3.8) is 0 Å². The van der Waals surface area contributed by atoms with Gasteiger partial charge in [0.25, 0.3) is 0 Å². The monoisotopic (exact) mass is 296 g/mol. The fraction of sp³-hybridized carbons (Fsp3) is 0.688. The fourth-order valence-corrected chi connectivity index (χ4v) is 2.76. The second kappa shape index (κ2) is 6.31. The van der Waals surface area contributed by atoms with Crippen LogP contribution < -0.4 is 4.90 Å². The van der Waals surface area contributed by atoms with Crippen molar-refractivity contribution in [2.75, 3.05) is 31.7 Å². The van der Waals surface area contributed by atoms with Crippen LogP contribution in [0.5, 0.6) is 0 Å². The van der Waals surface area contributed by atoms with Gasteiger partial charge in [-0.2, -0.15) is 0 Å². The summed E-state index contributed by atoms with van der Waals surface area (Å²) in [5.41, 5.74) is 2.31. The number of ether oxygens (including phenoxy) is 1. The van der Waals surface area contributed by atoms with Crippen LogP contribution in [-0.4, -0.2) is 31.8 Å². The van der Waals surface area contributed by atoms with Gasteiger partial charge in [-0.15, -0.1) is 11.6 Å². The van der Waals surface area contributed by atoms with Gasteiger partial charge in [0.2, 0.25) is 0 Å².